The molecular formula is C22H20FN5O. The summed E-state index contributed by atoms with van der Waals surface area (Å²) in [5, 5.41) is 11.5. The van der Waals surface area contributed by atoms with Crippen molar-refractivity contribution in [2.45, 2.75) is 19.9 Å². The summed E-state index contributed by atoms with van der Waals surface area (Å²) < 4.78 is 16.7. The molecule has 29 heavy (non-hydrogen) atoms. The predicted molar refractivity (Wildman–Crippen MR) is 109 cm³/mol. The summed E-state index contributed by atoms with van der Waals surface area (Å²) in [6.45, 7) is 2.58. The van der Waals surface area contributed by atoms with E-state index >= 15 is 0 Å². The Labute approximate surface area is 167 Å². The van der Waals surface area contributed by atoms with E-state index < -0.39 is 0 Å². The second kappa shape index (κ2) is 8.10. The predicted octanol–water partition coefficient (Wildman–Crippen LogP) is 4.07. The first kappa shape index (κ1) is 18.6. The van der Waals surface area contributed by atoms with E-state index in [4.69, 9.17) is 0 Å². The van der Waals surface area contributed by atoms with Crippen LogP contribution in [0.25, 0.3) is 5.69 Å². The summed E-state index contributed by atoms with van der Waals surface area (Å²) in [6, 6.07) is 15.6. The zero-order valence-corrected chi connectivity index (χ0v) is 15.9. The van der Waals surface area contributed by atoms with Gasteiger partial charge >= 0.3 is 0 Å². The van der Waals surface area contributed by atoms with Crippen LogP contribution in [0.1, 0.15) is 28.5 Å². The van der Waals surface area contributed by atoms with Gasteiger partial charge in [-0.3, -0.25) is 9.48 Å². The smallest absolute Gasteiger partial charge is 0.259 e. The summed E-state index contributed by atoms with van der Waals surface area (Å²) in [6.07, 6.45) is 5.78. The van der Waals surface area contributed by atoms with Gasteiger partial charge in [-0.2, -0.15) is 10.2 Å². The van der Waals surface area contributed by atoms with Gasteiger partial charge in [0.1, 0.15) is 5.82 Å². The van der Waals surface area contributed by atoms with Gasteiger partial charge < -0.3 is 5.32 Å². The molecule has 1 amide bonds. The van der Waals surface area contributed by atoms with Crippen LogP contribution in [0, 0.1) is 5.82 Å². The number of anilines is 1. The highest BCUT2D eigenvalue weighted by Gasteiger charge is 2.17. The molecule has 4 rings (SSSR count). The molecule has 0 spiro atoms. The monoisotopic (exact) mass is 389 g/mol. The van der Waals surface area contributed by atoms with Crippen molar-refractivity contribution in [1.29, 1.82) is 0 Å². The van der Waals surface area contributed by atoms with Crippen LogP contribution in [0.4, 0.5) is 10.1 Å². The number of halogens is 1. The molecule has 4 aromatic rings. The van der Waals surface area contributed by atoms with Gasteiger partial charge in [-0.25, -0.2) is 9.07 Å². The maximum absolute atomic E-state index is 13.2. The number of nitrogens with one attached hydrogen (secondary N) is 1. The van der Waals surface area contributed by atoms with Crippen molar-refractivity contribution in [3.63, 3.8) is 0 Å². The lowest BCUT2D eigenvalue weighted by Crippen LogP contribution is -2.14. The minimum absolute atomic E-state index is 0.230. The molecule has 146 valence electrons. The number of carbonyl (C=O) groups excluding carboxylic acids is 1. The van der Waals surface area contributed by atoms with Crippen LogP contribution in [-0.2, 0) is 13.0 Å². The summed E-state index contributed by atoms with van der Waals surface area (Å²) in [4.78, 5) is 12.9. The molecule has 6 nitrogen and oxygen atoms in total. The average Bonchev–Trinajstić information content (AvgIpc) is 3.38. The van der Waals surface area contributed by atoms with Gasteiger partial charge in [0.15, 0.2) is 0 Å². The number of aromatic nitrogens is 4. The van der Waals surface area contributed by atoms with E-state index in [9.17, 15) is 9.18 Å². The average molecular weight is 389 g/mol. The van der Waals surface area contributed by atoms with Gasteiger partial charge in [-0.05, 0) is 54.4 Å². The minimum Gasteiger partial charge on any atom is -0.322 e. The van der Waals surface area contributed by atoms with E-state index in [2.05, 4.69) is 15.5 Å². The van der Waals surface area contributed by atoms with E-state index in [0.717, 1.165) is 11.3 Å². The Morgan fingerprint density at radius 2 is 1.93 bits per heavy atom. The fourth-order valence-corrected chi connectivity index (χ4v) is 3.24. The number of hydrogen-bond donors (Lipinski definition) is 1. The molecule has 0 saturated heterocycles. The lowest BCUT2D eigenvalue weighted by molar-refractivity contribution is 0.102. The van der Waals surface area contributed by atoms with E-state index in [1.807, 2.05) is 48.1 Å². The van der Waals surface area contributed by atoms with Crippen molar-refractivity contribution < 1.29 is 9.18 Å². The van der Waals surface area contributed by atoms with E-state index in [1.165, 1.54) is 12.1 Å². The van der Waals surface area contributed by atoms with Crippen LogP contribution < -0.4 is 5.32 Å². The van der Waals surface area contributed by atoms with Crippen LogP contribution >= 0.6 is 0 Å². The third-order valence-corrected chi connectivity index (χ3v) is 4.61. The third kappa shape index (κ3) is 4.08. The number of nitrogens with zero attached hydrogens (tertiary/aromatic N) is 4. The van der Waals surface area contributed by atoms with Crippen LogP contribution in [0.3, 0.4) is 0 Å². The summed E-state index contributed by atoms with van der Waals surface area (Å²) in [5.41, 5.74) is 3.71. The third-order valence-electron chi connectivity index (χ3n) is 4.61. The maximum atomic E-state index is 13.2. The van der Waals surface area contributed by atoms with E-state index in [1.54, 1.807) is 29.2 Å². The first-order valence-electron chi connectivity index (χ1n) is 9.34. The van der Waals surface area contributed by atoms with Crippen molar-refractivity contribution in [2.24, 2.45) is 0 Å². The molecule has 1 N–H and O–H groups in total. The highest BCUT2D eigenvalue weighted by molar-refractivity contribution is 6.05. The molecule has 2 aromatic heterocycles. The molecule has 0 aliphatic rings. The number of hydrogen-bond acceptors (Lipinski definition) is 3. The van der Waals surface area contributed by atoms with E-state index in [0.29, 0.717) is 29.9 Å². The first-order valence-corrected chi connectivity index (χ1v) is 9.34. The zero-order valence-electron chi connectivity index (χ0n) is 15.9. The van der Waals surface area contributed by atoms with Crippen LogP contribution in [-0.4, -0.2) is 25.5 Å². The lowest BCUT2D eigenvalue weighted by atomic mass is 10.1. The van der Waals surface area contributed by atoms with Gasteiger partial charge in [0.25, 0.3) is 5.91 Å². The Morgan fingerprint density at radius 3 is 2.66 bits per heavy atom. The molecular weight excluding hydrogens is 369 g/mol. The SMILES string of the molecule is CCc1c(C(=O)Nc2cccc(Cn3cccn3)c2)cnn1-c1ccc(F)cc1. The summed E-state index contributed by atoms with van der Waals surface area (Å²) in [5.74, 6) is -0.543. The van der Waals surface area contributed by atoms with Crippen molar-refractivity contribution in [3.8, 4) is 5.69 Å². The Morgan fingerprint density at radius 1 is 1.10 bits per heavy atom. The first-order chi connectivity index (χ1) is 14.1. The molecule has 0 fully saturated rings. The van der Waals surface area contributed by atoms with Gasteiger partial charge in [0.05, 0.1) is 29.7 Å². The molecule has 0 aliphatic heterocycles. The second-order valence-corrected chi connectivity index (χ2v) is 6.60. The Balaban J connectivity index is 1.55. The van der Waals surface area contributed by atoms with Crippen molar-refractivity contribution in [2.75, 3.05) is 5.32 Å². The topological polar surface area (TPSA) is 64.7 Å². The van der Waals surface area contributed by atoms with Crippen molar-refractivity contribution >= 4 is 11.6 Å². The summed E-state index contributed by atoms with van der Waals surface area (Å²) >= 11 is 0. The minimum atomic E-state index is -0.313. The largest absolute Gasteiger partial charge is 0.322 e. The van der Waals surface area contributed by atoms with Crippen LogP contribution in [0.5, 0.6) is 0 Å². The lowest BCUT2D eigenvalue weighted by Gasteiger charge is -2.10. The number of rotatable bonds is 6. The van der Waals surface area contributed by atoms with Gasteiger partial charge in [0.2, 0.25) is 0 Å². The number of benzene rings is 2. The van der Waals surface area contributed by atoms with Crippen LogP contribution in [0.15, 0.2) is 73.2 Å². The molecule has 7 heteroatoms. The Bertz CT molecular complexity index is 1120. The quantitative estimate of drug-likeness (QED) is 0.541. The molecule has 0 aliphatic carbocycles. The fraction of sp³-hybridized carbons (Fsp3) is 0.136. The fourth-order valence-electron chi connectivity index (χ4n) is 3.24. The number of carbonyl (C=O) groups is 1. The number of amides is 1. The Kier molecular flexibility index (Phi) is 5.20. The molecule has 2 aromatic carbocycles. The van der Waals surface area contributed by atoms with Gasteiger partial charge in [0, 0.05) is 18.1 Å². The maximum Gasteiger partial charge on any atom is 0.259 e. The van der Waals surface area contributed by atoms with Crippen molar-refractivity contribution in [1.82, 2.24) is 19.6 Å². The highest BCUT2D eigenvalue weighted by Crippen LogP contribution is 2.19. The standard InChI is InChI=1S/C22H20FN5O/c1-2-21-20(14-25-28(21)19-9-7-17(23)8-10-19)22(29)26-18-6-3-5-16(13-18)15-27-12-4-11-24-27/h3-14H,2,15H2,1H3,(H,26,29). The molecule has 0 bridgehead atoms. The van der Waals surface area contributed by atoms with Gasteiger partial charge in [-0.1, -0.05) is 19.1 Å². The normalized spacial score (nSPS) is 10.8. The highest BCUT2D eigenvalue weighted by atomic mass is 19.1. The molecule has 0 radical (unpaired) electrons. The van der Waals surface area contributed by atoms with Crippen LogP contribution in [0.2, 0.25) is 0 Å². The van der Waals surface area contributed by atoms with E-state index in [-0.39, 0.29) is 11.7 Å². The van der Waals surface area contributed by atoms with Crippen molar-refractivity contribution in [3.05, 3.63) is 95.8 Å². The molecule has 0 saturated carbocycles. The zero-order chi connectivity index (χ0) is 20.2. The second-order valence-electron chi connectivity index (χ2n) is 6.60. The molecule has 2 heterocycles. The summed E-state index contributed by atoms with van der Waals surface area (Å²) in [7, 11) is 0. The molecule has 0 atom stereocenters. The van der Waals surface area contributed by atoms with Gasteiger partial charge in [-0.15, -0.1) is 0 Å². The Hall–Kier alpha value is -3.74. The molecule has 0 unspecified atom stereocenters.